The number of ether oxygens (including phenoxy) is 2. The number of hydrazone groups is 1. The zero-order valence-electron chi connectivity index (χ0n) is 13.7. The van der Waals surface area contributed by atoms with Gasteiger partial charge in [-0.25, -0.2) is 0 Å². The molecule has 0 saturated carbocycles. The molecule has 24 heavy (non-hydrogen) atoms. The van der Waals surface area contributed by atoms with Gasteiger partial charge in [0, 0.05) is 5.56 Å². The van der Waals surface area contributed by atoms with Crippen LogP contribution >= 0.6 is 0 Å². The molecule has 7 heteroatoms. The average Bonchev–Trinajstić information content (AvgIpc) is 3.02. The average molecular weight is 346 g/mol. The van der Waals surface area contributed by atoms with Crippen molar-refractivity contribution in [3.8, 4) is 11.5 Å². The molecule has 6 nitrogen and oxygen atoms in total. The van der Waals surface area contributed by atoms with E-state index in [0.29, 0.717) is 22.8 Å². The molecule has 0 amide bonds. The lowest BCUT2D eigenvalue weighted by atomic mass is 10.1. The number of sulfonamides is 1. The SMILES string of the molecule is C/C(=N/NS(=O)(=O)c1cc(C)ccc1C)c1ccc2c(c1)OCO2. The summed E-state index contributed by atoms with van der Waals surface area (Å²) in [6.45, 7) is 5.51. The molecule has 1 aliphatic heterocycles. The number of nitrogens with one attached hydrogen (secondary N) is 1. The normalized spacial score (nSPS) is 13.9. The first-order valence-electron chi connectivity index (χ1n) is 7.40. The Bertz CT molecular complexity index is 920. The summed E-state index contributed by atoms with van der Waals surface area (Å²) in [7, 11) is -3.72. The molecule has 1 heterocycles. The molecule has 0 fully saturated rings. The third-order valence-corrected chi connectivity index (χ3v) is 5.11. The fourth-order valence-corrected chi connectivity index (χ4v) is 3.55. The number of nitrogens with zero attached hydrogens (tertiary/aromatic N) is 1. The molecule has 0 unspecified atom stereocenters. The van der Waals surface area contributed by atoms with E-state index in [9.17, 15) is 8.42 Å². The molecular weight excluding hydrogens is 328 g/mol. The highest BCUT2D eigenvalue weighted by Crippen LogP contribution is 2.32. The van der Waals surface area contributed by atoms with E-state index in [1.807, 2.05) is 13.0 Å². The van der Waals surface area contributed by atoms with E-state index in [1.54, 1.807) is 44.2 Å². The zero-order chi connectivity index (χ0) is 17.3. The summed E-state index contributed by atoms with van der Waals surface area (Å²) in [6.07, 6.45) is 0. The highest BCUT2D eigenvalue weighted by Gasteiger charge is 2.17. The Morgan fingerprint density at radius 3 is 2.62 bits per heavy atom. The monoisotopic (exact) mass is 346 g/mol. The first-order valence-corrected chi connectivity index (χ1v) is 8.88. The van der Waals surface area contributed by atoms with Gasteiger partial charge in [0.1, 0.15) is 0 Å². The lowest BCUT2D eigenvalue weighted by Gasteiger charge is -2.09. The number of hydrogen-bond donors (Lipinski definition) is 1. The van der Waals surface area contributed by atoms with Gasteiger partial charge in [-0.2, -0.15) is 18.4 Å². The van der Waals surface area contributed by atoms with Gasteiger partial charge >= 0.3 is 0 Å². The van der Waals surface area contributed by atoms with E-state index in [2.05, 4.69) is 9.93 Å². The largest absolute Gasteiger partial charge is 0.454 e. The van der Waals surface area contributed by atoms with E-state index >= 15 is 0 Å². The topological polar surface area (TPSA) is 77.0 Å². The second-order valence-electron chi connectivity index (χ2n) is 5.63. The smallest absolute Gasteiger partial charge is 0.276 e. The number of fused-ring (bicyclic) bond motifs is 1. The summed E-state index contributed by atoms with van der Waals surface area (Å²) >= 11 is 0. The summed E-state index contributed by atoms with van der Waals surface area (Å²) in [5.41, 5.74) is 2.83. The van der Waals surface area contributed by atoms with Crippen LogP contribution in [0.15, 0.2) is 46.4 Å². The standard InChI is InChI=1S/C17H18N2O4S/c1-11-4-5-12(2)17(8-11)24(20,21)19-18-13(3)14-6-7-15-16(9-14)23-10-22-15/h4-9,19H,10H2,1-3H3/b18-13-. The maximum absolute atomic E-state index is 12.5. The van der Waals surface area contributed by atoms with Crippen molar-refractivity contribution in [2.75, 3.05) is 6.79 Å². The molecule has 0 bridgehead atoms. The Morgan fingerprint density at radius 2 is 1.83 bits per heavy atom. The van der Waals surface area contributed by atoms with Crippen LogP contribution in [0.4, 0.5) is 0 Å². The molecule has 0 saturated heterocycles. The van der Waals surface area contributed by atoms with Crippen molar-refractivity contribution in [1.29, 1.82) is 0 Å². The van der Waals surface area contributed by atoms with Crippen LogP contribution in [0.25, 0.3) is 0 Å². The van der Waals surface area contributed by atoms with E-state index in [1.165, 1.54) is 0 Å². The highest BCUT2D eigenvalue weighted by molar-refractivity contribution is 7.89. The fraction of sp³-hybridized carbons (Fsp3) is 0.235. The van der Waals surface area contributed by atoms with Crippen LogP contribution < -0.4 is 14.3 Å². The van der Waals surface area contributed by atoms with Crippen molar-refractivity contribution in [2.45, 2.75) is 25.7 Å². The summed E-state index contributed by atoms with van der Waals surface area (Å²) in [6, 6.07) is 10.6. The van der Waals surface area contributed by atoms with Gasteiger partial charge in [0.2, 0.25) is 6.79 Å². The molecule has 0 atom stereocenters. The van der Waals surface area contributed by atoms with Gasteiger partial charge in [0.05, 0.1) is 10.6 Å². The van der Waals surface area contributed by atoms with Crippen LogP contribution in [0.1, 0.15) is 23.6 Å². The van der Waals surface area contributed by atoms with Gasteiger partial charge in [-0.3, -0.25) is 0 Å². The molecule has 0 radical (unpaired) electrons. The second kappa shape index (κ2) is 6.16. The molecular formula is C17H18N2O4S. The van der Waals surface area contributed by atoms with Gasteiger partial charge in [0.15, 0.2) is 11.5 Å². The van der Waals surface area contributed by atoms with Crippen LogP contribution in [0.2, 0.25) is 0 Å². The summed E-state index contributed by atoms with van der Waals surface area (Å²) in [5, 5.41) is 4.02. The second-order valence-corrected chi connectivity index (χ2v) is 7.26. The van der Waals surface area contributed by atoms with Crippen molar-refractivity contribution < 1.29 is 17.9 Å². The Hall–Kier alpha value is -2.54. The van der Waals surface area contributed by atoms with E-state index in [-0.39, 0.29) is 11.7 Å². The number of rotatable bonds is 4. The van der Waals surface area contributed by atoms with E-state index in [4.69, 9.17) is 9.47 Å². The van der Waals surface area contributed by atoms with Gasteiger partial charge in [0.25, 0.3) is 10.0 Å². The van der Waals surface area contributed by atoms with Crippen molar-refractivity contribution in [2.24, 2.45) is 5.10 Å². The predicted molar refractivity (Wildman–Crippen MR) is 91.0 cm³/mol. The number of aryl methyl sites for hydroxylation is 2. The Kier molecular flexibility index (Phi) is 4.19. The maximum atomic E-state index is 12.5. The highest BCUT2D eigenvalue weighted by atomic mass is 32.2. The van der Waals surface area contributed by atoms with E-state index < -0.39 is 10.0 Å². The summed E-state index contributed by atoms with van der Waals surface area (Å²) < 4.78 is 35.5. The molecule has 0 aromatic heterocycles. The molecule has 0 spiro atoms. The predicted octanol–water partition coefficient (Wildman–Crippen LogP) is 2.73. The Morgan fingerprint density at radius 1 is 1.08 bits per heavy atom. The molecule has 2 aromatic rings. The van der Waals surface area contributed by atoms with Gasteiger partial charge in [-0.1, -0.05) is 12.1 Å². The van der Waals surface area contributed by atoms with Gasteiger partial charge in [-0.15, -0.1) is 0 Å². The lowest BCUT2D eigenvalue weighted by molar-refractivity contribution is 0.174. The fourth-order valence-electron chi connectivity index (χ4n) is 2.36. The van der Waals surface area contributed by atoms with E-state index in [0.717, 1.165) is 11.1 Å². The minimum absolute atomic E-state index is 0.189. The van der Waals surface area contributed by atoms with Crippen molar-refractivity contribution in [1.82, 2.24) is 4.83 Å². The lowest BCUT2D eigenvalue weighted by Crippen LogP contribution is -2.21. The molecule has 1 N–H and O–H groups in total. The number of hydrogen-bond acceptors (Lipinski definition) is 5. The number of benzene rings is 2. The first kappa shape index (κ1) is 16.3. The van der Waals surface area contributed by atoms with Gasteiger partial charge in [-0.05, 0) is 56.2 Å². The maximum Gasteiger partial charge on any atom is 0.276 e. The molecule has 0 aliphatic carbocycles. The van der Waals surface area contributed by atoms with Crippen molar-refractivity contribution >= 4 is 15.7 Å². The Labute approximate surface area is 141 Å². The van der Waals surface area contributed by atoms with Crippen LogP contribution in [0.5, 0.6) is 11.5 Å². The summed E-state index contributed by atoms with van der Waals surface area (Å²) in [5.74, 6) is 1.29. The molecule has 3 rings (SSSR count). The van der Waals surface area contributed by atoms with Crippen LogP contribution in [0, 0.1) is 13.8 Å². The summed E-state index contributed by atoms with van der Waals surface area (Å²) in [4.78, 5) is 2.52. The molecule has 126 valence electrons. The third kappa shape index (κ3) is 3.21. The minimum Gasteiger partial charge on any atom is -0.454 e. The zero-order valence-corrected chi connectivity index (χ0v) is 14.5. The Balaban J connectivity index is 1.85. The third-order valence-electron chi connectivity index (χ3n) is 3.76. The first-order chi connectivity index (χ1) is 11.4. The minimum atomic E-state index is -3.72. The van der Waals surface area contributed by atoms with Crippen molar-refractivity contribution in [3.05, 3.63) is 53.1 Å². The molecule has 1 aliphatic rings. The van der Waals surface area contributed by atoms with Crippen LogP contribution in [-0.4, -0.2) is 20.9 Å². The quantitative estimate of drug-likeness (QED) is 0.682. The van der Waals surface area contributed by atoms with Crippen molar-refractivity contribution in [3.63, 3.8) is 0 Å². The van der Waals surface area contributed by atoms with Gasteiger partial charge < -0.3 is 9.47 Å². The molecule has 2 aromatic carbocycles. The van der Waals surface area contributed by atoms with Crippen LogP contribution in [0.3, 0.4) is 0 Å². The van der Waals surface area contributed by atoms with Crippen LogP contribution in [-0.2, 0) is 10.0 Å².